The number of benzene rings is 7. The molecule has 1 aliphatic carbocycles. The molecule has 0 aromatic heterocycles. The first-order valence-electron chi connectivity index (χ1n) is 33.4. The smallest absolute Gasteiger partial charge is 0.407 e. The minimum Gasteiger partial charge on any atom is -0.445 e. The van der Waals surface area contributed by atoms with Crippen LogP contribution in [0.1, 0.15) is 51.8 Å². The van der Waals surface area contributed by atoms with Crippen LogP contribution >= 0.6 is 0 Å². The van der Waals surface area contributed by atoms with Gasteiger partial charge in [0.1, 0.15) is 81.9 Å². The van der Waals surface area contributed by atoms with Crippen molar-refractivity contribution in [1.82, 2.24) is 31.9 Å². The summed E-state index contributed by atoms with van der Waals surface area (Å²) in [6.07, 6.45) is -23.7. The zero-order valence-electron chi connectivity index (χ0n) is 55.6. The van der Waals surface area contributed by atoms with Crippen LogP contribution in [0.4, 0.5) is 24.0 Å². The molecule has 6 amide bonds. The van der Waals surface area contributed by atoms with Crippen molar-refractivity contribution in [2.75, 3.05) is 19.7 Å². The Morgan fingerprint density at radius 1 is 0.392 bits per heavy atom. The molecule has 7 aromatic rings. The van der Waals surface area contributed by atoms with E-state index >= 15 is 0 Å². The van der Waals surface area contributed by atoms with Crippen LogP contribution in [-0.2, 0) is 103 Å². The topological polar surface area (TPSA) is 357 Å². The normalized spacial score (nSPS) is 24.1. The fourth-order valence-electron chi connectivity index (χ4n) is 11.7. The van der Waals surface area contributed by atoms with Gasteiger partial charge in [-0.05, 0) is 51.8 Å². The van der Waals surface area contributed by atoms with E-state index in [-0.39, 0.29) is 65.6 Å². The molecule has 0 bridgehead atoms. The molecular weight excluding hydrogens is 1320 g/mol. The maximum Gasteiger partial charge on any atom is 0.407 e. The van der Waals surface area contributed by atoms with E-state index in [9.17, 15) is 49.2 Å². The van der Waals surface area contributed by atoms with Crippen LogP contribution in [0.5, 0.6) is 0 Å². The first-order chi connectivity index (χ1) is 49.7. The van der Waals surface area contributed by atoms with Crippen molar-refractivity contribution in [3.05, 3.63) is 251 Å². The van der Waals surface area contributed by atoms with Gasteiger partial charge in [0.2, 0.25) is 0 Å². The number of carbonyl (C=O) groups excluding carboxylic acids is 6. The predicted octanol–water partition coefficient (Wildman–Crippen LogP) is 6.47. The van der Waals surface area contributed by atoms with E-state index in [0.29, 0.717) is 33.4 Å². The monoisotopic (exact) mass is 1400 g/mol. The van der Waals surface area contributed by atoms with Gasteiger partial charge in [-0.1, -0.05) is 212 Å². The molecule has 10 N–H and O–H groups in total. The third-order valence-corrected chi connectivity index (χ3v) is 17.0. The summed E-state index contributed by atoms with van der Waals surface area (Å²) >= 11 is 0. The first kappa shape index (κ1) is 74.6. The zero-order chi connectivity index (χ0) is 71.4. The molecule has 2 heterocycles. The zero-order valence-corrected chi connectivity index (χ0v) is 55.6. The molecule has 7 unspecified atom stereocenters. The van der Waals surface area contributed by atoms with Crippen molar-refractivity contribution < 1.29 is 101 Å². The molecule has 2 aliphatic heterocycles. The van der Waals surface area contributed by atoms with Gasteiger partial charge in [-0.25, -0.2) is 24.0 Å². The second kappa shape index (κ2) is 38.7. The number of carbonyl (C=O) groups is 6. The van der Waals surface area contributed by atoms with E-state index in [1.165, 1.54) is 0 Å². The lowest BCUT2D eigenvalue weighted by Gasteiger charge is -2.52. The van der Waals surface area contributed by atoms with E-state index in [1.807, 2.05) is 6.07 Å². The minimum atomic E-state index is -2.17. The highest BCUT2D eigenvalue weighted by molar-refractivity contribution is 5.82. The summed E-state index contributed by atoms with van der Waals surface area (Å²) in [5, 5.41) is 64.7. The molecule has 102 heavy (non-hydrogen) atoms. The molecule has 2 saturated heterocycles. The van der Waals surface area contributed by atoms with Crippen LogP contribution in [0, 0.1) is 0 Å². The number of rotatable bonds is 30. The molecule has 3 aliphatic rings. The van der Waals surface area contributed by atoms with Gasteiger partial charge in [0, 0.05) is 6.54 Å². The van der Waals surface area contributed by atoms with Gasteiger partial charge in [-0.15, -0.1) is 0 Å². The van der Waals surface area contributed by atoms with E-state index in [4.69, 9.17) is 52.1 Å². The Morgan fingerprint density at radius 3 is 1.19 bits per heavy atom. The number of nitrogens with one attached hydrogen (secondary N) is 6. The first-order valence-corrected chi connectivity index (χ1v) is 33.4. The molecule has 0 spiro atoms. The van der Waals surface area contributed by atoms with Crippen molar-refractivity contribution in [3.63, 3.8) is 0 Å². The molecule has 1 saturated carbocycles. The maximum absolute atomic E-state index is 14.9. The summed E-state index contributed by atoms with van der Waals surface area (Å²) in [4.78, 5) is 83.9. The number of amides is 6. The number of aliphatic hydroxyl groups excluding tert-OH is 4. The van der Waals surface area contributed by atoms with Gasteiger partial charge < -0.3 is 104 Å². The predicted molar refractivity (Wildman–Crippen MR) is 363 cm³/mol. The Balaban J connectivity index is 1.04. The SMILES string of the molecule is O=C(NCC1CCC(NC(=O)OCc2ccccc2)[C@@H](OC2C(O)[C@@H](O[C@H]3OC(CO)[C@@H](O)[C@H](NC(=O)OCc4ccccc4)C3OCc3ccccc3)[C@H](NC(=O)[C@@H](O)CNC(=O)OCc3ccccc3)C(OCc3ccccc3)[C@@H]2NC(=O)OCc2ccccc2)O1)OCc1ccccc1. The molecule has 27 heteroatoms. The van der Waals surface area contributed by atoms with E-state index in [1.54, 1.807) is 206 Å². The van der Waals surface area contributed by atoms with Crippen LogP contribution in [0.2, 0.25) is 0 Å². The summed E-state index contributed by atoms with van der Waals surface area (Å²) in [6, 6.07) is 55.4. The molecule has 7 aromatic carbocycles. The van der Waals surface area contributed by atoms with E-state index in [0.717, 1.165) is 5.56 Å². The lowest BCUT2D eigenvalue weighted by molar-refractivity contribution is -0.329. The van der Waals surface area contributed by atoms with Crippen LogP contribution in [0.3, 0.4) is 0 Å². The number of alkyl carbamates (subject to hydrolysis) is 5. The van der Waals surface area contributed by atoms with Crippen molar-refractivity contribution in [3.8, 4) is 0 Å². The molecular formula is C75H84N6O21. The maximum atomic E-state index is 14.9. The van der Waals surface area contributed by atoms with E-state index in [2.05, 4.69) is 31.9 Å². The summed E-state index contributed by atoms with van der Waals surface area (Å²) in [5.41, 5.74) is 4.41. The highest BCUT2D eigenvalue weighted by Crippen LogP contribution is 2.36. The third kappa shape index (κ3) is 22.5. The number of hydrogen-bond donors (Lipinski definition) is 10. The second-order valence-corrected chi connectivity index (χ2v) is 24.3. The summed E-state index contributed by atoms with van der Waals surface area (Å²) < 4.78 is 68.6. The fourth-order valence-corrected chi connectivity index (χ4v) is 11.7. The highest BCUT2D eigenvalue weighted by atomic mass is 16.7. The van der Waals surface area contributed by atoms with Crippen molar-refractivity contribution in [2.45, 2.75) is 151 Å². The van der Waals surface area contributed by atoms with E-state index < -0.39 is 141 Å². The quantitative estimate of drug-likeness (QED) is 0.0216. The molecule has 15 atom stereocenters. The summed E-state index contributed by atoms with van der Waals surface area (Å²) in [5.74, 6) is -1.19. The van der Waals surface area contributed by atoms with Crippen molar-refractivity contribution in [2.24, 2.45) is 0 Å². The average Bonchev–Trinajstić information content (AvgIpc) is 0.750. The lowest BCUT2D eigenvalue weighted by atomic mass is 9.80. The number of hydrogen-bond acceptors (Lipinski definition) is 21. The van der Waals surface area contributed by atoms with Gasteiger partial charge in [0.05, 0.1) is 56.6 Å². The largest absolute Gasteiger partial charge is 0.445 e. The Kier molecular flexibility index (Phi) is 28.3. The average molecular weight is 1410 g/mol. The van der Waals surface area contributed by atoms with Gasteiger partial charge in [-0.3, -0.25) is 4.79 Å². The fraction of sp³-hybridized carbons (Fsp3) is 0.360. The van der Waals surface area contributed by atoms with Crippen molar-refractivity contribution in [1.29, 1.82) is 0 Å². The van der Waals surface area contributed by atoms with Crippen LogP contribution in [0.25, 0.3) is 0 Å². The van der Waals surface area contributed by atoms with Gasteiger partial charge in [0.15, 0.2) is 12.6 Å². The Morgan fingerprint density at radius 2 is 0.755 bits per heavy atom. The van der Waals surface area contributed by atoms with Gasteiger partial charge >= 0.3 is 30.5 Å². The van der Waals surface area contributed by atoms with Gasteiger partial charge in [0.25, 0.3) is 5.91 Å². The molecule has 540 valence electrons. The number of ether oxygens (including phenoxy) is 11. The standard InChI is InChI=1S/C75H84N6O21/c82-40-58-62(84)59(80-74(90)97-46-53-32-18-6-19-33-53)67(93-42-49-24-10-2-11-25-49)70(100-58)102-65-60(79-68(86)57(83)39-77-72(88)95-44-51-28-14-4-15-29-51)64(92-41-48-22-8-1-9-23-48)61(81-75(91)98-47-54-34-20-7-21-35-54)66(63(65)85)101-69-56(78-73(89)96-45-52-30-16-5-17-31-52)37-36-55(99-69)38-76-71(87)94-43-50-26-12-3-13-27-50/h1-35,55-67,69-70,82-85H,36-47H2,(H,76,87)(H,77,88)(H,78,89)(H,79,86)(H,80,90)(H,81,91)/t55?,56?,57-,58?,59-,60+,61-,62+,63?,64?,65-,66?,67?,69+,70+/m0/s1. The molecule has 3 fully saturated rings. The second-order valence-electron chi connectivity index (χ2n) is 24.3. The van der Waals surface area contributed by atoms with Crippen LogP contribution < -0.4 is 31.9 Å². The third-order valence-electron chi connectivity index (χ3n) is 17.0. The Bertz CT molecular complexity index is 3700. The molecule has 10 rings (SSSR count). The number of aliphatic hydroxyl groups is 4. The highest BCUT2D eigenvalue weighted by Gasteiger charge is 2.58. The summed E-state index contributed by atoms with van der Waals surface area (Å²) in [7, 11) is 0. The minimum absolute atomic E-state index is 0.0495. The molecule has 0 radical (unpaired) electrons. The van der Waals surface area contributed by atoms with Gasteiger partial charge in [-0.2, -0.15) is 0 Å². The van der Waals surface area contributed by atoms with Crippen molar-refractivity contribution >= 4 is 36.4 Å². The van der Waals surface area contributed by atoms with Crippen LogP contribution in [-0.4, -0.2) is 168 Å². The lowest BCUT2D eigenvalue weighted by Crippen LogP contribution is -2.75. The Hall–Kier alpha value is -10.0. The summed E-state index contributed by atoms with van der Waals surface area (Å²) in [6.45, 7) is -3.14. The van der Waals surface area contributed by atoms with Crippen LogP contribution in [0.15, 0.2) is 212 Å². The Labute approximate surface area is 588 Å². The molecule has 27 nitrogen and oxygen atoms in total.